The van der Waals surface area contributed by atoms with E-state index in [1.165, 1.54) is 19.3 Å². The molecule has 0 aromatic rings. The number of allylic oxidation sites excluding steroid dienone is 3. The Morgan fingerprint density at radius 1 is 1.32 bits per heavy atom. The van der Waals surface area contributed by atoms with Gasteiger partial charge in [-0.15, -0.1) is 0 Å². The highest BCUT2D eigenvalue weighted by molar-refractivity contribution is 5.77. The average molecular weight is 265 g/mol. The predicted octanol–water partition coefficient (Wildman–Crippen LogP) is 3.71. The molecule has 1 fully saturated rings. The van der Waals surface area contributed by atoms with Crippen LogP contribution in [-0.2, 0) is 9.53 Å². The molecule has 1 aliphatic rings. The number of unbranched alkanes of at least 4 members (excludes halogenated alkanes) is 1. The minimum Gasteiger partial charge on any atom is -0.484 e. The minimum absolute atomic E-state index is 0.00450. The van der Waals surface area contributed by atoms with Gasteiger partial charge in [0.25, 0.3) is 5.91 Å². The fourth-order valence-electron chi connectivity index (χ4n) is 2.26. The van der Waals surface area contributed by atoms with Gasteiger partial charge in [-0.25, -0.2) is 0 Å². The molecule has 0 aliphatic heterocycles. The second-order valence-electron chi connectivity index (χ2n) is 5.07. The van der Waals surface area contributed by atoms with Gasteiger partial charge in [0, 0.05) is 6.04 Å². The highest BCUT2D eigenvalue weighted by Crippen LogP contribution is 2.17. The number of carbonyl (C=O) groups excluding carboxylic acids is 1. The SMILES string of the molecule is C/C=C(\C=C/CCC)OCC(=O)NC1CCCCC1. The quantitative estimate of drug-likeness (QED) is 0.563. The van der Waals surface area contributed by atoms with E-state index in [0.717, 1.165) is 31.4 Å². The Kier molecular flexibility index (Phi) is 8.03. The van der Waals surface area contributed by atoms with Gasteiger partial charge in [-0.1, -0.05) is 38.7 Å². The van der Waals surface area contributed by atoms with E-state index >= 15 is 0 Å². The van der Waals surface area contributed by atoms with Crippen molar-refractivity contribution in [3.05, 3.63) is 24.0 Å². The predicted molar refractivity (Wildman–Crippen MR) is 78.8 cm³/mol. The highest BCUT2D eigenvalue weighted by Gasteiger charge is 2.15. The molecule has 0 aromatic carbocycles. The number of nitrogens with one attached hydrogen (secondary N) is 1. The summed E-state index contributed by atoms with van der Waals surface area (Å²) in [5, 5.41) is 3.05. The van der Waals surface area contributed by atoms with Crippen LogP contribution in [-0.4, -0.2) is 18.6 Å². The summed E-state index contributed by atoms with van der Waals surface area (Å²) >= 11 is 0. The van der Waals surface area contributed by atoms with Crippen LogP contribution in [0.25, 0.3) is 0 Å². The van der Waals surface area contributed by atoms with Gasteiger partial charge < -0.3 is 10.1 Å². The van der Waals surface area contributed by atoms with Crippen molar-refractivity contribution in [2.45, 2.75) is 64.8 Å². The van der Waals surface area contributed by atoms with Crippen molar-refractivity contribution >= 4 is 5.91 Å². The fourth-order valence-corrected chi connectivity index (χ4v) is 2.26. The Hall–Kier alpha value is -1.25. The van der Waals surface area contributed by atoms with Crippen molar-refractivity contribution in [1.82, 2.24) is 5.32 Å². The topological polar surface area (TPSA) is 38.3 Å². The summed E-state index contributed by atoms with van der Waals surface area (Å²) in [4.78, 5) is 11.8. The fraction of sp³-hybridized carbons (Fsp3) is 0.688. The number of ether oxygens (including phenoxy) is 1. The molecule has 1 N–H and O–H groups in total. The van der Waals surface area contributed by atoms with Crippen molar-refractivity contribution in [2.24, 2.45) is 0 Å². The number of hydrogen-bond donors (Lipinski definition) is 1. The third-order valence-corrected chi connectivity index (χ3v) is 3.36. The zero-order chi connectivity index (χ0) is 13.9. The number of amides is 1. The van der Waals surface area contributed by atoms with Gasteiger partial charge in [0.05, 0.1) is 0 Å². The second-order valence-corrected chi connectivity index (χ2v) is 5.07. The molecule has 1 amide bonds. The third-order valence-electron chi connectivity index (χ3n) is 3.36. The van der Waals surface area contributed by atoms with Crippen LogP contribution in [0, 0.1) is 0 Å². The van der Waals surface area contributed by atoms with Crippen LogP contribution in [0.3, 0.4) is 0 Å². The van der Waals surface area contributed by atoms with Crippen molar-refractivity contribution in [2.75, 3.05) is 6.61 Å². The maximum Gasteiger partial charge on any atom is 0.258 e. The monoisotopic (exact) mass is 265 g/mol. The van der Waals surface area contributed by atoms with Gasteiger partial charge in [-0.2, -0.15) is 0 Å². The molecule has 0 saturated heterocycles. The lowest BCUT2D eigenvalue weighted by atomic mass is 9.95. The van der Waals surface area contributed by atoms with Crippen LogP contribution in [0.2, 0.25) is 0 Å². The Bertz CT molecular complexity index is 315. The largest absolute Gasteiger partial charge is 0.484 e. The van der Waals surface area contributed by atoms with E-state index in [-0.39, 0.29) is 12.5 Å². The van der Waals surface area contributed by atoms with Crippen molar-refractivity contribution in [1.29, 1.82) is 0 Å². The lowest BCUT2D eigenvalue weighted by Gasteiger charge is -2.22. The Labute approximate surface area is 117 Å². The van der Waals surface area contributed by atoms with E-state index in [4.69, 9.17) is 4.74 Å². The molecule has 0 radical (unpaired) electrons. The molecule has 0 bridgehead atoms. The number of carbonyl (C=O) groups is 1. The lowest BCUT2D eigenvalue weighted by molar-refractivity contribution is -0.125. The first-order chi connectivity index (χ1) is 9.26. The third kappa shape index (κ3) is 7.04. The Morgan fingerprint density at radius 3 is 2.68 bits per heavy atom. The van der Waals surface area contributed by atoms with E-state index in [9.17, 15) is 4.79 Å². The maximum absolute atomic E-state index is 11.8. The summed E-state index contributed by atoms with van der Waals surface area (Å²) in [6, 6.07) is 0.356. The van der Waals surface area contributed by atoms with Gasteiger partial charge in [0.15, 0.2) is 6.61 Å². The summed E-state index contributed by atoms with van der Waals surface area (Å²) in [5.74, 6) is 0.766. The smallest absolute Gasteiger partial charge is 0.258 e. The van der Waals surface area contributed by atoms with Gasteiger partial charge in [-0.3, -0.25) is 4.79 Å². The number of hydrogen-bond acceptors (Lipinski definition) is 2. The summed E-state index contributed by atoms with van der Waals surface area (Å²) in [7, 11) is 0. The summed E-state index contributed by atoms with van der Waals surface area (Å²) in [5.41, 5.74) is 0. The van der Waals surface area contributed by atoms with Gasteiger partial charge in [-0.05, 0) is 38.3 Å². The van der Waals surface area contributed by atoms with E-state index in [1.807, 2.05) is 19.1 Å². The zero-order valence-electron chi connectivity index (χ0n) is 12.3. The van der Waals surface area contributed by atoms with Crippen LogP contribution >= 0.6 is 0 Å². The van der Waals surface area contributed by atoms with E-state index < -0.39 is 0 Å². The Morgan fingerprint density at radius 2 is 2.05 bits per heavy atom. The zero-order valence-corrected chi connectivity index (χ0v) is 12.3. The molecule has 0 aromatic heterocycles. The molecular formula is C16H27NO2. The van der Waals surface area contributed by atoms with Crippen LogP contribution in [0.1, 0.15) is 58.8 Å². The average Bonchev–Trinajstić information content (AvgIpc) is 2.44. The second kappa shape index (κ2) is 9.65. The summed E-state index contributed by atoms with van der Waals surface area (Å²) in [6.45, 7) is 4.18. The standard InChI is InChI=1S/C16H27NO2/c1-3-5-7-12-15(4-2)19-13-16(18)17-14-10-8-6-9-11-14/h4,7,12,14H,3,5-6,8-11,13H2,1-2H3,(H,17,18)/b12-7-,15-4+. The molecule has 3 nitrogen and oxygen atoms in total. The molecule has 0 heterocycles. The molecule has 0 atom stereocenters. The van der Waals surface area contributed by atoms with Gasteiger partial charge in [0.2, 0.25) is 0 Å². The molecule has 19 heavy (non-hydrogen) atoms. The van der Waals surface area contributed by atoms with Crippen LogP contribution in [0.5, 0.6) is 0 Å². The lowest BCUT2D eigenvalue weighted by Crippen LogP contribution is -2.38. The molecule has 1 rings (SSSR count). The first kappa shape index (κ1) is 15.8. The molecule has 1 saturated carbocycles. The van der Waals surface area contributed by atoms with E-state index in [2.05, 4.69) is 18.3 Å². The molecule has 0 spiro atoms. The number of rotatable bonds is 7. The molecule has 0 unspecified atom stereocenters. The molecule has 1 aliphatic carbocycles. The highest BCUT2D eigenvalue weighted by atomic mass is 16.5. The van der Waals surface area contributed by atoms with Crippen LogP contribution < -0.4 is 5.32 Å². The molecular weight excluding hydrogens is 238 g/mol. The van der Waals surface area contributed by atoms with Crippen molar-refractivity contribution in [3.63, 3.8) is 0 Å². The van der Waals surface area contributed by atoms with Crippen molar-refractivity contribution < 1.29 is 9.53 Å². The van der Waals surface area contributed by atoms with Gasteiger partial charge >= 0.3 is 0 Å². The van der Waals surface area contributed by atoms with E-state index in [0.29, 0.717) is 6.04 Å². The Balaban J connectivity index is 2.24. The first-order valence-electron chi connectivity index (χ1n) is 7.51. The van der Waals surface area contributed by atoms with Crippen LogP contribution in [0.15, 0.2) is 24.0 Å². The van der Waals surface area contributed by atoms with Crippen LogP contribution in [0.4, 0.5) is 0 Å². The normalized spacial score (nSPS) is 17.7. The summed E-state index contributed by atoms with van der Waals surface area (Å²) in [6.07, 6.45) is 14.0. The van der Waals surface area contributed by atoms with E-state index in [1.54, 1.807) is 0 Å². The first-order valence-corrected chi connectivity index (χ1v) is 7.51. The molecule has 3 heteroatoms. The van der Waals surface area contributed by atoms with Gasteiger partial charge in [0.1, 0.15) is 5.76 Å². The summed E-state index contributed by atoms with van der Waals surface area (Å²) < 4.78 is 5.50. The minimum atomic E-state index is -0.00450. The molecule has 108 valence electrons. The van der Waals surface area contributed by atoms with Crippen molar-refractivity contribution in [3.8, 4) is 0 Å². The maximum atomic E-state index is 11.8.